The van der Waals surface area contributed by atoms with E-state index in [1.165, 1.54) is 20.4 Å². The van der Waals surface area contributed by atoms with Crippen LogP contribution in [0, 0.1) is 5.41 Å². The number of nitrogens with zero attached hydrogens (tertiary/aromatic N) is 1. The summed E-state index contributed by atoms with van der Waals surface area (Å²) in [7, 11) is 2.61. The number of hydrogen-bond donors (Lipinski definition) is 0. The summed E-state index contributed by atoms with van der Waals surface area (Å²) in [5.41, 5.74) is 0.614. The summed E-state index contributed by atoms with van der Waals surface area (Å²) in [4.78, 5) is 28.1. The zero-order valence-corrected chi connectivity index (χ0v) is 12.3. The number of carbonyl (C=O) groups is 2. The molecule has 110 valence electrons. The highest BCUT2D eigenvalue weighted by Crippen LogP contribution is 2.38. The molecule has 0 spiro atoms. The largest absolute Gasteiger partial charge is 0.468 e. The van der Waals surface area contributed by atoms with Gasteiger partial charge in [0.05, 0.1) is 14.2 Å². The molecule has 1 aliphatic heterocycles. The van der Waals surface area contributed by atoms with E-state index in [2.05, 4.69) is 4.99 Å². The smallest absolute Gasteiger partial charge is 0.356 e. The van der Waals surface area contributed by atoms with E-state index < -0.39 is 17.4 Å². The standard InChI is InChI=1S/C16H17NO4/c1-11-13(14(18)20-2)17-10-16(11,15(19)21-3)9-12-7-5-4-6-8-12/h4-8,10H,9H2,1-3H3/t16-/m1/s1. The maximum absolute atomic E-state index is 12.3. The van der Waals surface area contributed by atoms with E-state index in [1.54, 1.807) is 6.92 Å². The number of esters is 2. The molecule has 0 aliphatic carbocycles. The molecule has 1 aromatic carbocycles. The third kappa shape index (κ3) is 2.59. The van der Waals surface area contributed by atoms with Crippen LogP contribution in [0.25, 0.3) is 0 Å². The molecule has 5 heteroatoms. The quantitative estimate of drug-likeness (QED) is 0.794. The zero-order valence-electron chi connectivity index (χ0n) is 12.3. The lowest BCUT2D eigenvalue weighted by Gasteiger charge is -2.25. The number of ether oxygens (including phenoxy) is 2. The van der Waals surface area contributed by atoms with Crippen molar-refractivity contribution < 1.29 is 19.1 Å². The van der Waals surface area contributed by atoms with Crippen molar-refractivity contribution in [2.24, 2.45) is 10.4 Å². The van der Waals surface area contributed by atoms with Gasteiger partial charge in [-0.25, -0.2) is 4.79 Å². The second-order valence-corrected chi connectivity index (χ2v) is 4.85. The monoisotopic (exact) mass is 287 g/mol. The number of hydrogen-bond acceptors (Lipinski definition) is 5. The molecule has 0 saturated carbocycles. The minimum atomic E-state index is -1.06. The van der Waals surface area contributed by atoms with Gasteiger partial charge < -0.3 is 9.47 Å². The second kappa shape index (κ2) is 5.91. The average Bonchev–Trinajstić information content (AvgIpc) is 2.85. The first-order chi connectivity index (χ1) is 10.0. The van der Waals surface area contributed by atoms with Crippen LogP contribution >= 0.6 is 0 Å². The number of aliphatic imine (C=N–C) groups is 1. The molecule has 0 unspecified atom stereocenters. The Labute approximate surface area is 123 Å². The number of methoxy groups -OCH3 is 2. The van der Waals surface area contributed by atoms with E-state index in [0.29, 0.717) is 12.0 Å². The molecule has 0 amide bonds. The van der Waals surface area contributed by atoms with E-state index in [0.717, 1.165) is 5.56 Å². The lowest BCUT2D eigenvalue weighted by Crippen LogP contribution is -2.36. The summed E-state index contributed by atoms with van der Waals surface area (Å²) >= 11 is 0. The molecule has 1 aliphatic rings. The van der Waals surface area contributed by atoms with E-state index in [-0.39, 0.29) is 5.70 Å². The van der Waals surface area contributed by atoms with Crippen LogP contribution in [0.4, 0.5) is 0 Å². The highest BCUT2D eigenvalue weighted by Gasteiger charge is 2.46. The van der Waals surface area contributed by atoms with Gasteiger partial charge in [-0.05, 0) is 24.5 Å². The molecule has 0 aromatic heterocycles. The summed E-state index contributed by atoms with van der Waals surface area (Å²) in [6, 6.07) is 9.53. The van der Waals surface area contributed by atoms with Crippen LogP contribution in [0.2, 0.25) is 0 Å². The van der Waals surface area contributed by atoms with Crippen LogP contribution in [0.3, 0.4) is 0 Å². The van der Waals surface area contributed by atoms with Crippen LogP contribution in [0.15, 0.2) is 46.6 Å². The first-order valence-electron chi connectivity index (χ1n) is 6.52. The van der Waals surface area contributed by atoms with Crippen molar-refractivity contribution in [1.29, 1.82) is 0 Å². The fraction of sp³-hybridized carbons (Fsp3) is 0.312. The molecule has 0 saturated heterocycles. The van der Waals surface area contributed by atoms with Crippen LogP contribution in [0.1, 0.15) is 12.5 Å². The molecular weight excluding hydrogens is 270 g/mol. The molecule has 0 radical (unpaired) electrons. The topological polar surface area (TPSA) is 65.0 Å². The summed E-state index contributed by atoms with van der Waals surface area (Å²) in [6.07, 6.45) is 1.86. The van der Waals surface area contributed by atoms with E-state index in [9.17, 15) is 9.59 Å². The normalized spacial score (nSPS) is 20.5. The first kappa shape index (κ1) is 15.0. The lowest BCUT2D eigenvalue weighted by molar-refractivity contribution is -0.146. The van der Waals surface area contributed by atoms with E-state index >= 15 is 0 Å². The van der Waals surface area contributed by atoms with Gasteiger partial charge in [0, 0.05) is 6.21 Å². The van der Waals surface area contributed by atoms with Gasteiger partial charge >= 0.3 is 11.9 Å². The third-order valence-corrected chi connectivity index (χ3v) is 3.69. The maximum Gasteiger partial charge on any atom is 0.356 e. The molecule has 21 heavy (non-hydrogen) atoms. The molecule has 1 heterocycles. The summed E-state index contributed by atoms with van der Waals surface area (Å²) in [5.74, 6) is -0.992. The summed E-state index contributed by atoms with van der Waals surface area (Å²) in [6.45, 7) is 1.71. The fourth-order valence-electron chi connectivity index (χ4n) is 2.44. The second-order valence-electron chi connectivity index (χ2n) is 4.85. The minimum absolute atomic E-state index is 0.166. The SMILES string of the molecule is COC(=O)C1=C(C)[C@](Cc2ccccc2)(C(=O)OC)C=N1. The van der Waals surface area contributed by atoms with E-state index in [1.807, 2.05) is 30.3 Å². The van der Waals surface area contributed by atoms with Crippen LogP contribution in [-0.2, 0) is 25.5 Å². The Morgan fingerprint density at radius 2 is 1.81 bits per heavy atom. The van der Waals surface area contributed by atoms with Crippen LogP contribution < -0.4 is 0 Å². The summed E-state index contributed by atoms with van der Waals surface area (Å²) in [5, 5.41) is 0. The van der Waals surface area contributed by atoms with Crippen molar-refractivity contribution in [3.63, 3.8) is 0 Å². The molecule has 0 bridgehead atoms. The molecule has 5 nitrogen and oxygen atoms in total. The number of benzene rings is 1. The van der Waals surface area contributed by atoms with Crippen molar-refractivity contribution in [1.82, 2.24) is 0 Å². The van der Waals surface area contributed by atoms with Gasteiger partial charge in [-0.2, -0.15) is 0 Å². The van der Waals surface area contributed by atoms with Crippen molar-refractivity contribution in [3.8, 4) is 0 Å². The Morgan fingerprint density at radius 3 is 2.38 bits per heavy atom. The van der Waals surface area contributed by atoms with Gasteiger partial charge in [0.15, 0.2) is 0 Å². The Bertz CT molecular complexity index is 618. The zero-order chi connectivity index (χ0) is 15.5. The molecule has 0 fully saturated rings. The molecule has 2 rings (SSSR count). The highest BCUT2D eigenvalue weighted by atomic mass is 16.5. The van der Waals surface area contributed by atoms with Gasteiger partial charge in [0.25, 0.3) is 0 Å². The van der Waals surface area contributed by atoms with E-state index in [4.69, 9.17) is 9.47 Å². The van der Waals surface area contributed by atoms with Crippen LogP contribution in [0.5, 0.6) is 0 Å². The molecule has 1 aromatic rings. The van der Waals surface area contributed by atoms with Gasteiger partial charge in [-0.1, -0.05) is 30.3 Å². The van der Waals surface area contributed by atoms with Gasteiger partial charge in [-0.3, -0.25) is 9.79 Å². The fourth-order valence-corrected chi connectivity index (χ4v) is 2.44. The predicted octanol–water partition coefficient (Wildman–Crippen LogP) is 1.92. The van der Waals surface area contributed by atoms with Crippen molar-refractivity contribution in [2.45, 2.75) is 13.3 Å². The Morgan fingerprint density at radius 1 is 1.14 bits per heavy atom. The van der Waals surface area contributed by atoms with Crippen LogP contribution in [-0.4, -0.2) is 32.4 Å². The first-order valence-corrected chi connectivity index (χ1v) is 6.52. The van der Waals surface area contributed by atoms with Gasteiger partial charge in [0.1, 0.15) is 11.1 Å². The molecule has 0 N–H and O–H groups in total. The summed E-state index contributed by atoms with van der Waals surface area (Å²) < 4.78 is 9.62. The molecule has 1 atom stereocenters. The average molecular weight is 287 g/mol. The third-order valence-electron chi connectivity index (χ3n) is 3.69. The Kier molecular flexibility index (Phi) is 4.21. The minimum Gasteiger partial charge on any atom is -0.468 e. The number of carbonyl (C=O) groups excluding carboxylic acids is 2. The van der Waals surface area contributed by atoms with Crippen molar-refractivity contribution >= 4 is 18.2 Å². The Hall–Kier alpha value is -2.43. The van der Waals surface area contributed by atoms with Gasteiger partial charge in [0.2, 0.25) is 0 Å². The number of rotatable bonds is 4. The van der Waals surface area contributed by atoms with Crippen molar-refractivity contribution in [3.05, 3.63) is 47.2 Å². The highest BCUT2D eigenvalue weighted by molar-refractivity contribution is 6.06. The predicted molar refractivity (Wildman–Crippen MR) is 77.8 cm³/mol. The van der Waals surface area contributed by atoms with Crippen molar-refractivity contribution in [2.75, 3.05) is 14.2 Å². The Balaban J connectivity index is 2.46. The molecular formula is C16H17NO4. The van der Waals surface area contributed by atoms with Gasteiger partial charge in [-0.15, -0.1) is 0 Å². The maximum atomic E-state index is 12.3. The lowest BCUT2D eigenvalue weighted by atomic mass is 9.77.